The van der Waals surface area contributed by atoms with E-state index in [9.17, 15) is 43.5 Å². The van der Waals surface area contributed by atoms with Gasteiger partial charge >= 0.3 is 33.6 Å². The average molecular weight is 1950 g/mol. The second kappa shape index (κ2) is 109. The van der Waals surface area contributed by atoms with Gasteiger partial charge in [0.1, 0.15) is 25.4 Å². The van der Waals surface area contributed by atoms with Crippen molar-refractivity contribution >= 4 is 33.6 Å². The van der Waals surface area contributed by atoms with Crippen LogP contribution in [0.4, 0.5) is 0 Å². The van der Waals surface area contributed by atoms with E-state index in [1.807, 2.05) is 0 Å². The first-order valence-electron chi connectivity index (χ1n) is 55.0. The monoisotopic (exact) mass is 1950 g/mol. The zero-order valence-electron chi connectivity index (χ0n) is 86.9. The number of aliphatic hydroxyl groups excluding tert-OH is 2. The zero-order chi connectivity index (χ0) is 99.2. The number of esters is 3. The minimum atomic E-state index is -4.95. The summed E-state index contributed by atoms with van der Waals surface area (Å²) in [5.74, 6) is -1.56. The quantitative estimate of drug-likeness (QED) is 0.0146. The summed E-state index contributed by atoms with van der Waals surface area (Å²) in [6.45, 7) is 2.41. The molecule has 137 heavy (non-hydrogen) atoms. The highest BCUT2D eigenvalue weighted by Gasteiger charge is 2.30. The molecule has 0 rings (SSSR count). The number of hydrogen-bond donors (Lipinski definition) is 4. The third-order valence-electron chi connectivity index (χ3n) is 23.2. The molecule has 0 aromatic rings. The van der Waals surface area contributed by atoms with Gasteiger partial charge in [0.15, 0.2) is 6.10 Å². The lowest BCUT2D eigenvalue weighted by molar-refractivity contribution is -0.161. The standard InChI is InChI=1S/C119H200O16P2/c1-4-7-10-13-16-19-22-25-28-31-34-37-40-43-46-49-52-54-56-58-61-63-66-69-72-75-78-81-84-87-90-93-96-99-102-105-117(122)129-108-114(120)109-131-136(125,126)132-110-115(121)111-133-137(127,128)134-113-116(135-119(124)107-104-101-98-95-92-89-86-83-80-77-74-71-68-65-60-51-48-45-42-39-36-33-30-27-24-21-18-15-12-9-6-3)112-130-118(123)106-103-100-97-94-91-88-85-82-79-76-73-70-67-64-62-59-57-55-53-50-47-44-41-38-35-32-29-26-23-20-17-14-11-8-5-2/h7-12,16-21,25-30,34-39,43-48,52-55,60,65,114-116,120-121H,4-6,13-15,22-24,31-33,40-42,49-51,56-59,61-64,66-113H2,1-3H3,(H,125,126)(H,127,128)/b10-7-,11-8-,12-9-,19-16-,20-17-,21-18-,28-25-,29-26-,30-27-,37-34-,38-35-,39-36-,46-43-,47-44-,48-45-,54-52-,55-53-,65-60-. The van der Waals surface area contributed by atoms with Crippen LogP contribution in [-0.4, -0.2) is 95.9 Å². The van der Waals surface area contributed by atoms with Gasteiger partial charge in [0, 0.05) is 19.3 Å². The summed E-state index contributed by atoms with van der Waals surface area (Å²) in [5, 5.41) is 20.8. The van der Waals surface area contributed by atoms with E-state index in [0.717, 1.165) is 186 Å². The van der Waals surface area contributed by atoms with Crippen LogP contribution in [-0.2, 0) is 55.8 Å². The normalized spacial score (nSPS) is 14.4. The number of carbonyl (C=O) groups is 3. The van der Waals surface area contributed by atoms with E-state index in [1.165, 1.54) is 212 Å². The van der Waals surface area contributed by atoms with E-state index in [1.54, 1.807) is 0 Å². The molecule has 0 spiro atoms. The van der Waals surface area contributed by atoms with Crippen LogP contribution in [0.15, 0.2) is 219 Å². The molecule has 0 aromatic carbocycles. The first-order chi connectivity index (χ1) is 67.2. The van der Waals surface area contributed by atoms with Crippen LogP contribution in [0.1, 0.15) is 457 Å². The van der Waals surface area contributed by atoms with Crippen molar-refractivity contribution in [2.45, 2.75) is 476 Å². The maximum Gasteiger partial charge on any atom is 0.472 e. The number of carbonyl (C=O) groups excluding carboxylic acids is 3. The van der Waals surface area contributed by atoms with Gasteiger partial charge in [0.25, 0.3) is 0 Å². The molecule has 0 bridgehead atoms. The summed E-state index contributed by atoms with van der Waals surface area (Å²) in [6, 6.07) is 0. The van der Waals surface area contributed by atoms with Crippen molar-refractivity contribution in [3.05, 3.63) is 219 Å². The van der Waals surface area contributed by atoms with Gasteiger partial charge in [-0.1, -0.05) is 483 Å². The van der Waals surface area contributed by atoms with Crippen molar-refractivity contribution in [3.8, 4) is 0 Å². The largest absolute Gasteiger partial charge is 0.472 e. The lowest BCUT2D eigenvalue weighted by Gasteiger charge is -2.21. The van der Waals surface area contributed by atoms with Crippen molar-refractivity contribution in [2.75, 3.05) is 39.6 Å². The number of aliphatic hydroxyl groups is 2. The van der Waals surface area contributed by atoms with E-state index in [0.29, 0.717) is 19.3 Å². The highest BCUT2D eigenvalue weighted by Crippen LogP contribution is 2.45. The van der Waals surface area contributed by atoms with Gasteiger partial charge in [-0.3, -0.25) is 32.5 Å². The van der Waals surface area contributed by atoms with Gasteiger partial charge in [-0.15, -0.1) is 0 Å². The first kappa shape index (κ1) is 131. The zero-order valence-corrected chi connectivity index (χ0v) is 88.7. The Balaban J connectivity index is 4.62. The molecule has 5 unspecified atom stereocenters. The molecule has 4 N–H and O–H groups in total. The second-order valence-electron chi connectivity index (χ2n) is 36.3. The fourth-order valence-corrected chi connectivity index (χ4v) is 16.6. The molecule has 0 saturated carbocycles. The lowest BCUT2D eigenvalue weighted by atomic mass is 10.0. The van der Waals surface area contributed by atoms with Gasteiger partial charge in [0.2, 0.25) is 0 Å². The third kappa shape index (κ3) is 110. The lowest BCUT2D eigenvalue weighted by Crippen LogP contribution is -2.30. The summed E-state index contributed by atoms with van der Waals surface area (Å²) in [7, 11) is -9.83. The van der Waals surface area contributed by atoms with E-state index >= 15 is 0 Å². The van der Waals surface area contributed by atoms with Crippen molar-refractivity contribution in [3.63, 3.8) is 0 Å². The van der Waals surface area contributed by atoms with Crippen LogP contribution in [0.5, 0.6) is 0 Å². The van der Waals surface area contributed by atoms with Gasteiger partial charge in [-0.05, 0) is 173 Å². The van der Waals surface area contributed by atoms with Crippen LogP contribution in [0.25, 0.3) is 0 Å². The molecule has 0 amide bonds. The number of hydrogen-bond acceptors (Lipinski definition) is 14. The summed E-state index contributed by atoms with van der Waals surface area (Å²) < 4.78 is 61.8. The van der Waals surface area contributed by atoms with Gasteiger partial charge < -0.3 is 34.2 Å². The minimum absolute atomic E-state index is 0.0971. The molecule has 0 aliphatic rings. The number of allylic oxidation sites excluding steroid dienone is 36. The number of phosphoric acid groups is 2. The maximum absolute atomic E-state index is 13.2. The third-order valence-corrected chi connectivity index (χ3v) is 25.1. The van der Waals surface area contributed by atoms with Crippen LogP contribution in [0.3, 0.4) is 0 Å². The molecule has 0 fully saturated rings. The number of rotatable bonds is 103. The number of phosphoric ester groups is 2. The molecule has 0 radical (unpaired) electrons. The highest BCUT2D eigenvalue weighted by atomic mass is 31.2. The average Bonchev–Trinajstić information content (AvgIpc) is 0.898. The summed E-state index contributed by atoms with van der Waals surface area (Å²) >= 11 is 0. The SMILES string of the molecule is CC/C=C\C/C=C\C/C=C\C/C=C\C/C=C\C/C=C\CCCCCCCCCCCCCCCCCCC(=O)OCC(O)COP(=O)(O)OCC(O)COP(=O)(O)OCC(COC(=O)CCCCCCCCCCCCCCCCCC/C=C\C/C=C\C/C=C\C/C=C\C/C=C\C/C=C\CC)OC(=O)CCCCCCCCCCCCCC/C=C\C/C=C\C/C=C\C/C=C\C/C=C\C/C=C\CC. The van der Waals surface area contributed by atoms with E-state index in [4.69, 9.17) is 32.3 Å². The predicted molar refractivity (Wildman–Crippen MR) is 583 cm³/mol. The molecular weight excluding hydrogens is 1750 g/mol. The van der Waals surface area contributed by atoms with Crippen LogP contribution in [0.2, 0.25) is 0 Å². The van der Waals surface area contributed by atoms with Gasteiger partial charge in [-0.2, -0.15) is 0 Å². The minimum Gasteiger partial charge on any atom is -0.463 e. The van der Waals surface area contributed by atoms with Crippen molar-refractivity contribution < 1.29 is 75.8 Å². The molecule has 782 valence electrons. The van der Waals surface area contributed by atoms with Crippen LogP contribution < -0.4 is 0 Å². The maximum atomic E-state index is 13.2. The van der Waals surface area contributed by atoms with Gasteiger partial charge in [0.05, 0.1) is 26.4 Å². The summed E-state index contributed by atoms with van der Waals surface area (Å²) in [4.78, 5) is 59.4. The van der Waals surface area contributed by atoms with Crippen molar-refractivity contribution in [2.24, 2.45) is 0 Å². The first-order valence-corrected chi connectivity index (χ1v) is 58.0. The predicted octanol–water partition coefficient (Wildman–Crippen LogP) is 35.6. The molecule has 18 heteroatoms. The van der Waals surface area contributed by atoms with E-state index in [2.05, 4.69) is 240 Å². The Morgan fingerprint density at radius 1 is 0.204 bits per heavy atom. The summed E-state index contributed by atoms with van der Waals surface area (Å²) in [5.41, 5.74) is 0. The Morgan fingerprint density at radius 3 is 0.577 bits per heavy atom. The van der Waals surface area contributed by atoms with Gasteiger partial charge in [-0.25, -0.2) is 9.13 Å². The molecule has 16 nitrogen and oxygen atoms in total. The highest BCUT2D eigenvalue weighted by molar-refractivity contribution is 7.47. The van der Waals surface area contributed by atoms with Crippen LogP contribution >= 0.6 is 15.6 Å². The summed E-state index contributed by atoms with van der Waals surface area (Å²) in [6.07, 6.45) is 150. The topological polar surface area (TPSA) is 231 Å². The number of ether oxygens (including phenoxy) is 3. The number of unbranched alkanes of at least 4 members (excludes halogenated alkanes) is 44. The molecule has 0 aliphatic heterocycles. The van der Waals surface area contributed by atoms with E-state index < -0.39 is 91.5 Å². The fourth-order valence-electron chi connectivity index (χ4n) is 15.0. The Hall–Kier alpha value is -6.13. The van der Waals surface area contributed by atoms with Crippen molar-refractivity contribution in [1.82, 2.24) is 0 Å². The Kier molecular flexibility index (Phi) is 104. The molecule has 0 aromatic heterocycles. The van der Waals surface area contributed by atoms with Crippen LogP contribution in [0, 0.1) is 0 Å². The Bertz CT molecular complexity index is 3380. The molecule has 0 heterocycles. The second-order valence-corrected chi connectivity index (χ2v) is 39.2. The molecule has 5 atom stereocenters. The Labute approximate surface area is 838 Å². The van der Waals surface area contributed by atoms with Crippen molar-refractivity contribution in [1.29, 1.82) is 0 Å². The molecular formula is C119H200O16P2. The molecule has 0 saturated heterocycles. The fraction of sp³-hybridized carbons (Fsp3) is 0.672. The molecule has 0 aliphatic carbocycles. The Morgan fingerprint density at radius 2 is 0.365 bits per heavy atom. The van der Waals surface area contributed by atoms with E-state index in [-0.39, 0.29) is 19.3 Å². The smallest absolute Gasteiger partial charge is 0.463 e.